The Morgan fingerprint density at radius 2 is 1.61 bits per heavy atom. The van der Waals surface area contributed by atoms with Gasteiger partial charge >= 0.3 is 0 Å². The summed E-state index contributed by atoms with van der Waals surface area (Å²) in [7, 11) is 6.64. The minimum atomic E-state index is -0.341. The van der Waals surface area contributed by atoms with Gasteiger partial charge in [-0.2, -0.15) is 0 Å². The highest BCUT2D eigenvalue weighted by atomic mass is 16.5. The first-order valence-corrected chi connectivity index (χ1v) is 11.7. The highest BCUT2D eigenvalue weighted by Gasteiger charge is 2.52. The SMILES string of the molecule is CCC(C)C12CC(=O)CCN1CC(c1ccc(OC)c(OC)c1)c1cc(OC)c(OC)cc12. The molecule has 3 unspecified atom stereocenters. The maximum atomic E-state index is 12.8. The molecule has 0 aromatic heterocycles. The molecule has 0 bridgehead atoms. The second-order valence-corrected chi connectivity index (χ2v) is 9.11. The summed E-state index contributed by atoms with van der Waals surface area (Å²) in [5.74, 6) is 3.57. The van der Waals surface area contributed by atoms with E-state index in [0.29, 0.717) is 47.5 Å². The van der Waals surface area contributed by atoms with E-state index < -0.39 is 0 Å². The van der Waals surface area contributed by atoms with Crippen LogP contribution in [0.15, 0.2) is 30.3 Å². The predicted octanol–water partition coefficient (Wildman–Crippen LogP) is 4.77. The predicted molar refractivity (Wildman–Crippen MR) is 128 cm³/mol. The average molecular weight is 454 g/mol. The van der Waals surface area contributed by atoms with Gasteiger partial charge in [0.1, 0.15) is 5.78 Å². The van der Waals surface area contributed by atoms with E-state index in [1.165, 1.54) is 11.1 Å². The first-order chi connectivity index (χ1) is 15.9. The van der Waals surface area contributed by atoms with Crippen molar-refractivity contribution in [2.45, 2.75) is 44.6 Å². The highest BCUT2D eigenvalue weighted by Crippen LogP contribution is 2.54. The topological polar surface area (TPSA) is 57.2 Å². The Kier molecular flexibility index (Phi) is 6.57. The van der Waals surface area contributed by atoms with Crippen molar-refractivity contribution < 1.29 is 23.7 Å². The van der Waals surface area contributed by atoms with Gasteiger partial charge in [-0.25, -0.2) is 0 Å². The van der Waals surface area contributed by atoms with Crippen molar-refractivity contribution in [1.82, 2.24) is 4.90 Å². The van der Waals surface area contributed by atoms with E-state index in [1.54, 1.807) is 28.4 Å². The molecule has 2 aromatic carbocycles. The quantitative estimate of drug-likeness (QED) is 0.602. The van der Waals surface area contributed by atoms with Gasteiger partial charge in [0.15, 0.2) is 23.0 Å². The van der Waals surface area contributed by atoms with Gasteiger partial charge in [-0.3, -0.25) is 9.69 Å². The van der Waals surface area contributed by atoms with Crippen LogP contribution in [0.1, 0.15) is 55.7 Å². The van der Waals surface area contributed by atoms with E-state index in [1.807, 2.05) is 6.07 Å². The molecule has 33 heavy (non-hydrogen) atoms. The van der Waals surface area contributed by atoms with Crippen LogP contribution >= 0.6 is 0 Å². The van der Waals surface area contributed by atoms with Gasteiger partial charge in [0.05, 0.1) is 34.0 Å². The van der Waals surface area contributed by atoms with Crippen LogP contribution < -0.4 is 18.9 Å². The summed E-state index contributed by atoms with van der Waals surface area (Å²) in [4.78, 5) is 15.4. The molecule has 0 spiro atoms. The molecule has 2 aliphatic rings. The van der Waals surface area contributed by atoms with E-state index in [-0.39, 0.29) is 11.5 Å². The lowest BCUT2D eigenvalue weighted by Gasteiger charge is -2.56. The van der Waals surface area contributed by atoms with Crippen LogP contribution in [0.3, 0.4) is 0 Å². The number of benzene rings is 2. The third-order valence-corrected chi connectivity index (χ3v) is 7.73. The van der Waals surface area contributed by atoms with Crippen LogP contribution in [0.2, 0.25) is 0 Å². The van der Waals surface area contributed by atoms with E-state index in [0.717, 1.165) is 25.1 Å². The molecular formula is C27H35NO5. The van der Waals surface area contributed by atoms with Gasteiger partial charge in [-0.15, -0.1) is 0 Å². The standard InChI is InChI=1S/C27H35NO5/c1-7-17(2)27-15-19(29)10-11-28(27)16-21(18-8-9-23(30-3)24(12-18)31-4)20-13-25(32-5)26(33-6)14-22(20)27/h8-9,12-14,17,21H,7,10-11,15-16H2,1-6H3. The smallest absolute Gasteiger partial charge is 0.161 e. The van der Waals surface area contributed by atoms with Crippen molar-refractivity contribution in [3.8, 4) is 23.0 Å². The van der Waals surface area contributed by atoms with Crippen LogP contribution in [0.5, 0.6) is 23.0 Å². The number of fused-ring (bicyclic) bond motifs is 3. The molecule has 178 valence electrons. The Labute approximate surface area is 196 Å². The normalized spacial score (nSPS) is 23.3. The lowest BCUT2D eigenvalue weighted by Crippen LogP contribution is -2.59. The fourth-order valence-corrected chi connectivity index (χ4v) is 5.80. The summed E-state index contributed by atoms with van der Waals surface area (Å²) in [5, 5.41) is 0. The fourth-order valence-electron chi connectivity index (χ4n) is 5.80. The number of rotatable bonds is 7. The number of Topliss-reactive ketones (excluding diaryl/α,β-unsaturated/α-hetero) is 1. The van der Waals surface area contributed by atoms with Crippen molar-refractivity contribution in [2.75, 3.05) is 41.5 Å². The van der Waals surface area contributed by atoms with Crippen molar-refractivity contribution >= 4 is 5.78 Å². The van der Waals surface area contributed by atoms with Gasteiger partial charge in [-0.05, 0) is 46.9 Å². The lowest BCUT2D eigenvalue weighted by molar-refractivity contribution is -0.130. The Hall–Kier alpha value is -2.73. The van der Waals surface area contributed by atoms with Gasteiger partial charge < -0.3 is 18.9 Å². The van der Waals surface area contributed by atoms with Crippen molar-refractivity contribution in [1.29, 1.82) is 0 Å². The van der Waals surface area contributed by atoms with E-state index in [4.69, 9.17) is 18.9 Å². The van der Waals surface area contributed by atoms with Crippen molar-refractivity contribution in [2.24, 2.45) is 5.92 Å². The molecule has 4 rings (SSSR count). The van der Waals surface area contributed by atoms with E-state index in [2.05, 4.69) is 43.0 Å². The molecule has 2 heterocycles. The number of piperidine rings is 1. The monoisotopic (exact) mass is 453 g/mol. The van der Waals surface area contributed by atoms with Crippen LogP contribution in [0, 0.1) is 5.92 Å². The summed E-state index contributed by atoms with van der Waals surface area (Å²) in [6, 6.07) is 10.4. The number of carbonyl (C=O) groups is 1. The number of hydrogen-bond donors (Lipinski definition) is 0. The van der Waals surface area contributed by atoms with Gasteiger partial charge in [-0.1, -0.05) is 26.3 Å². The molecular weight excluding hydrogens is 418 g/mol. The van der Waals surface area contributed by atoms with Crippen LogP contribution in [-0.2, 0) is 10.3 Å². The average Bonchev–Trinajstić information content (AvgIpc) is 2.86. The summed E-state index contributed by atoms with van der Waals surface area (Å²) < 4.78 is 22.5. The highest BCUT2D eigenvalue weighted by molar-refractivity contribution is 5.81. The molecule has 2 aromatic rings. The Balaban J connectivity index is 1.97. The largest absolute Gasteiger partial charge is 0.493 e. The zero-order valence-electron chi connectivity index (χ0n) is 20.6. The second kappa shape index (κ2) is 9.26. The maximum Gasteiger partial charge on any atom is 0.161 e. The fraction of sp³-hybridized carbons (Fsp3) is 0.519. The van der Waals surface area contributed by atoms with Gasteiger partial charge in [0.2, 0.25) is 0 Å². The Bertz CT molecular complexity index is 1040. The zero-order chi connectivity index (χ0) is 23.8. The molecule has 2 aliphatic heterocycles. The number of hydrogen-bond acceptors (Lipinski definition) is 6. The van der Waals surface area contributed by atoms with Crippen LogP contribution in [0.25, 0.3) is 0 Å². The summed E-state index contributed by atoms with van der Waals surface area (Å²) >= 11 is 0. The number of ketones is 1. The second-order valence-electron chi connectivity index (χ2n) is 9.11. The number of methoxy groups -OCH3 is 4. The molecule has 0 radical (unpaired) electrons. The minimum Gasteiger partial charge on any atom is -0.493 e. The van der Waals surface area contributed by atoms with Gasteiger partial charge in [0, 0.05) is 31.8 Å². The summed E-state index contributed by atoms with van der Waals surface area (Å²) in [6.07, 6.45) is 2.11. The minimum absolute atomic E-state index is 0.102. The third-order valence-electron chi connectivity index (χ3n) is 7.73. The molecule has 0 amide bonds. The van der Waals surface area contributed by atoms with Crippen molar-refractivity contribution in [3.63, 3.8) is 0 Å². The van der Waals surface area contributed by atoms with Crippen LogP contribution in [-0.4, -0.2) is 52.2 Å². The van der Waals surface area contributed by atoms with Gasteiger partial charge in [0.25, 0.3) is 0 Å². The molecule has 0 N–H and O–H groups in total. The molecule has 6 heteroatoms. The Morgan fingerprint density at radius 1 is 0.970 bits per heavy atom. The summed E-state index contributed by atoms with van der Waals surface area (Å²) in [6.45, 7) is 6.07. The van der Waals surface area contributed by atoms with Crippen molar-refractivity contribution in [3.05, 3.63) is 47.0 Å². The molecule has 1 saturated heterocycles. The molecule has 0 saturated carbocycles. The number of carbonyl (C=O) groups excluding carboxylic acids is 1. The zero-order valence-corrected chi connectivity index (χ0v) is 20.6. The van der Waals surface area contributed by atoms with E-state index >= 15 is 0 Å². The molecule has 6 nitrogen and oxygen atoms in total. The van der Waals surface area contributed by atoms with Crippen LogP contribution in [0.4, 0.5) is 0 Å². The third kappa shape index (κ3) is 3.74. The number of nitrogens with zero attached hydrogens (tertiary/aromatic N) is 1. The first-order valence-electron chi connectivity index (χ1n) is 11.7. The summed E-state index contributed by atoms with van der Waals surface area (Å²) in [5.41, 5.74) is 3.17. The molecule has 0 aliphatic carbocycles. The lowest BCUT2D eigenvalue weighted by atomic mass is 9.64. The molecule has 1 fully saturated rings. The maximum absolute atomic E-state index is 12.8. The molecule has 3 atom stereocenters. The van der Waals surface area contributed by atoms with E-state index in [9.17, 15) is 4.79 Å². The number of ether oxygens (including phenoxy) is 4. The Morgan fingerprint density at radius 3 is 2.24 bits per heavy atom. The first kappa shape index (κ1) is 23.4.